The highest BCUT2D eigenvalue weighted by molar-refractivity contribution is 5.34. The van der Waals surface area contributed by atoms with Gasteiger partial charge in [-0.15, -0.1) is 0 Å². The minimum atomic E-state index is 0.554. The van der Waals surface area contributed by atoms with Crippen LogP contribution in [0.2, 0.25) is 0 Å². The topological polar surface area (TPSA) is 45.9 Å². The summed E-state index contributed by atoms with van der Waals surface area (Å²) < 4.78 is 7.28. The van der Waals surface area contributed by atoms with E-state index in [0.717, 1.165) is 56.5 Å². The number of rotatable bonds is 5. The van der Waals surface area contributed by atoms with E-state index in [1.165, 1.54) is 5.69 Å². The van der Waals surface area contributed by atoms with E-state index in [4.69, 9.17) is 9.72 Å². The Morgan fingerprint density at radius 2 is 2.09 bits per heavy atom. The average molecular weight is 317 g/mol. The molecule has 0 aliphatic carbocycles. The Labute approximate surface area is 138 Å². The molecule has 1 aliphatic rings. The lowest BCUT2D eigenvalue weighted by molar-refractivity contribution is 0.0553. The summed E-state index contributed by atoms with van der Waals surface area (Å²) in [5.74, 6) is 0.810. The number of aryl methyl sites for hydroxylation is 2. The zero-order valence-electron chi connectivity index (χ0n) is 14.6. The molecule has 1 atom stereocenters. The second-order valence-electron chi connectivity index (χ2n) is 6.55. The summed E-state index contributed by atoms with van der Waals surface area (Å²) in [5, 5.41) is 0. The van der Waals surface area contributed by atoms with Crippen LogP contribution in [-0.2, 0) is 11.3 Å². The maximum atomic E-state index is 5.19. The fourth-order valence-corrected chi connectivity index (χ4v) is 3.38. The van der Waals surface area contributed by atoms with Crippen LogP contribution in [0.3, 0.4) is 0 Å². The third-order valence-corrected chi connectivity index (χ3v) is 4.63. The molecule has 3 rings (SSSR count). The van der Waals surface area contributed by atoms with Gasteiger partial charge in [0.2, 0.25) is 5.78 Å². The first kappa shape index (κ1) is 16.4. The van der Waals surface area contributed by atoms with Gasteiger partial charge in [0.05, 0.1) is 12.3 Å². The first-order valence-electron chi connectivity index (χ1n) is 8.34. The number of fused-ring (bicyclic) bond motifs is 1. The standard InChI is InChI=1S/C17H27N5O/c1-13-9-14(2)22-12-16(19-17(22)18-13)11-20-5-6-21(7-8-23-4)15(3)10-20/h9,12,15H,5-8,10-11H2,1-4H3/t15-/m0/s1. The Balaban J connectivity index is 1.65. The summed E-state index contributed by atoms with van der Waals surface area (Å²) in [5.41, 5.74) is 3.31. The van der Waals surface area contributed by atoms with Gasteiger partial charge in [0, 0.05) is 63.5 Å². The summed E-state index contributed by atoms with van der Waals surface area (Å²) in [4.78, 5) is 14.2. The van der Waals surface area contributed by atoms with Crippen LogP contribution in [0.25, 0.3) is 5.78 Å². The molecule has 0 unspecified atom stereocenters. The second-order valence-corrected chi connectivity index (χ2v) is 6.55. The molecule has 0 N–H and O–H groups in total. The van der Waals surface area contributed by atoms with Crippen molar-refractivity contribution in [2.24, 2.45) is 0 Å². The smallest absolute Gasteiger partial charge is 0.234 e. The van der Waals surface area contributed by atoms with E-state index in [-0.39, 0.29) is 0 Å². The molecule has 2 aromatic rings. The minimum absolute atomic E-state index is 0.554. The zero-order chi connectivity index (χ0) is 16.4. The quantitative estimate of drug-likeness (QED) is 0.836. The van der Waals surface area contributed by atoms with Gasteiger partial charge in [-0.3, -0.25) is 14.2 Å². The van der Waals surface area contributed by atoms with E-state index in [9.17, 15) is 0 Å². The van der Waals surface area contributed by atoms with E-state index < -0.39 is 0 Å². The maximum Gasteiger partial charge on any atom is 0.234 e. The monoisotopic (exact) mass is 317 g/mol. The van der Waals surface area contributed by atoms with Crippen molar-refractivity contribution in [1.29, 1.82) is 0 Å². The maximum absolute atomic E-state index is 5.19. The summed E-state index contributed by atoms with van der Waals surface area (Å²) in [6.45, 7) is 12.4. The van der Waals surface area contributed by atoms with Crippen molar-refractivity contribution in [1.82, 2.24) is 24.2 Å². The van der Waals surface area contributed by atoms with E-state index in [1.54, 1.807) is 7.11 Å². The molecule has 3 heterocycles. The molecule has 0 radical (unpaired) electrons. The first-order valence-corrected chi connectivity index (χ1v) is 8.34. The van der Waals surface area contributed by atoms with Gasteiger partial charge >= 0.3 is 0 Å². The number of aromatic nitrogens is 3. The van der Waals surface area contributed by atoms with Crippen molar-refractivity contribution in [2.75, 3.05) is 39.9 Å². The largest absolute Gasteiger partial charge is 0.383 e. The van der Waals surface area contributed by atoms with E-state index in [2.05, 4.69) is 45.3 Å². The van der Waals surface area contributed by atoms with Crippen LogP contribution >= 0.6 is 0 Å². The summed E-state index contributed by atoms with van der Waals surface area (Å²) in [7, 11) is 1.77. The lowest BCUT2D eigenvalue weighted by atomic mass is 10.2. The van der Waals surface area contributed by atoms with Crippen molar-refractivity contribution in [2.45, 2.75) is 33.4 Å². The van der Waals surface area contributed by atoms with Crippen molar-refractivity contribution < 1.29 is 4.74 Å². The Bertz CT molecular complexity index is 668. The van der Waals surface area contributed by atoms with Gasteiger partial charge in [-0.25, -0.2) is 9.97 Å². The number of nitrogens with zero attached hydrogens (tertiary/aromatic N) is 5. The normalized spacial score (nSPS) is 20.4. The number of imidazole rings is 1. The molecule has 0 aromatic carbocycles. The molecule has 0 bridgehead atoms. The van der Waals surface area contributed by atoms with Gasteiger partial charge in [0.25, 0.3) is 0 Å². The Morgan fingerprint density at radius 3 is 2.83 bits per heavy atom. The Morgan fingerprint density at radius 1 is 1.26 bits per heavy atom. The van der Waals surface area contributed by atoms with Crippen molar-refractivity contribution in [3.05, 3.63) is 29.3 Å². The van der Waals surface area contributed by atoms with Gasteiger partial charge in [-0.1, -0.05) is 0 Å². The van der Waals surface area contributed by atoms with Crippen LogP contribution in [0.4, 0.5) is 0 Å². The molecule has 1 saturated heterocycles. The van der Waals surface area contributed by atoms with Crippen LogP contribution in [0, 0.1) is 13.8 Å². The van der Waals surface area contributed by atoms with E-state index >= 15 is 0 Å². The number of methoxy groups -OCH3 is 1. The highest BCUT2D eigenvalue weighted by atomic mass is 16.5. The van der Waals surface area contributed by atoms with Gasteiger partial charge in [-0.2, -0.15) is 0 Å². The SMILES string of the molecule is COCCN1CCN(Cc2cn3c(C)cc(C)nc3n2)C[C@@H]1C. The molecular weight excluding hydrogens is 290 g/mol. The van der Waals surface area contributed by atoms with E-state index in [0.29, 0.717) is 6.04 Å². The van der Waals surface area contributed by atoms with Crippen molar-refractivity contribution in [3.8, 4) is 0 Å². The first-order chi connectivity index (χ1) is 11.1. The summed E-state index contributed by atoms with van der Waals surface area (Å²) in [6, 6.07) is 2.65. The van der Waals surface area contributed by atoms with Crippen LogP contribution in [-0.4, -0.2) is 70.1 Å². The highest BCUT2D eigenvalue weighted by Gasteiger charge is 2.23. The van der Waals surface area contributed by atoms with Crippen LogP contribution in [0.1, 0.15) is 24.0 Å². The van der Waals surface area contributed by atoms with Gasteiger partial charge in [-0.05, 0) is 26.8 Å². The van der Waals surface area contributed by atoms with Crippen LogP contribution < -0.4 is 0 Å². The lowest BCUT2D eigenvalue weighted by Gasteiger charge is -2.39. The zero-order valence-corrected chi connectivity index (χ0v) is 14.6. The summed E-state index contributed by atoms with van der Waals surface area (Å²) in [6.07, 6.45) is 2.12. The van der Waals surface area contributed by atoms with Gasteiger partial charge < -0.3 is 4.74 Å². The molecule has 1 aliphatic heterocycles. The predicted molar refractivity (Wildman–Crippen MR) is 90.6 cm³/mol. The predicted octanol–water partition coefficient (Wildman–Crippen LogP) is 1.50. The molecule has 0 amide bonds. The third kappa shape index (κ3) is 3.71. The molecule has 0 saturated carbocycles. The van der Waals surface area contributed by atoms with Gasteiger partial charge in [0.15, 0.2) is 0 Å². The fraction of sp³-hybridized carbons (Fsp3) is 0.647. The lowest BCUT2D eigenvalue weighted by Crippen LogP contribution is -2.52. The third-order valence-electron chi connectivity index (χ3n) is 4.63. The van der Waals surface area contributed by atoms with Gasteiger partial charge in [0.1, 0.15) is 0 Å². The highest BCUT2D eigenvalue weighted by Crippen LogP contribution is 2.14. The number of ether oxygens (including phenoxy) is 1. The molecule has 6 nitrogen and oxygen atoms in total. The number of piperazine rings is 1. The summed E-state index contributed by atoms with van der Waals surface area (Å²) >= 11 is 0. The second kappa shape index (κ2) is 6.95. The molecule has 6 heteroatoms. The van der Waals surface area contributed by atoms with Crippen LogP contribution in [0.15, 0.2) is 12.3 Å². The van der Waals surface area contributed by atoms with Crippen LogP contribution in [0.5, 0.6) is 0 Å². The molecule has 2 aromatic heterocycles. The average Bonchev–Trinajstić information content (AvgIpc) is 2.89. The van der Waals surface area contributed by atoms with E-state index in [1.807, 2.05) is 6.92 Å². The number of hydrogen-bond acceptors (Lipinski definition) is 5. The molecule has 126 valence electrons. The molecule has 0 spiro atoms. The van der Waals surface area contributed by atoms with Crippen molar-refractivity contribution in [3.63, 3.8) is 0 Å². The fourth-order valence-electron chi connectivity index (χ4n) is 3.38. The molecule has 23 heavy (non-hydrogen) atoms. The minimum Gasteiger partial charge on any atom is -0.383 e. The van der Waals surface area contributed by atoms with Crippen molar-refractivity contribution >= 4 is 5.78 Å². The Kier molecular flexibility index (Phi) is 4.94. The molecular formula is C17H27N5O. The Hall–Kier alpha value is -1.50. The number of hydrogen-bond donors (Lipinski definition) is 0. The molecule has 1 fully saturated rings.